The van der Waals surface area contributed by atoms with Crippen LogP contribution in [0.3, 0.4) is 0 Å². The Morgan fingerprint density at radius 1 is 0.500 bits per heavy atom. The second-order valence-electron chi connectivity index (χ2n) is 2.83. The average Bonchev–Trinajstić information content (AvgIpc) is 1.97. The zero-order chi connectivity index (χ0) is 7.66. The molecule has 0 atom stereocenters. The van der Waals surface area contributed by atoms with E-state index in [9.17, 15) is 0 Å². The first-order valence-electron chi connectivity index (χ1n) is 4.50. The molecule has 0 spiro atoms. The molecule has 0 aromatic carbocycles. The van der Waals surface area contributed by atoms with Crippen molar-refractivity contribution in [3.05, 3.63) is 0 Å². The van der Waals surface area contributed by atoms with E-state index in [0.717, 1.165) is 0 Å². The summed E-state index contributed by atoms with van der Waals surface area (Å²) in [6, 6.07) is 0. The third-order valence-corrected chi connectivity index (χ3v) is 4920. The van der Waals surface area contributed by atoms with Crippen molar-refractivity contribution in [3.63, 3.8) is 0 Å². The fraction of sp³-hybridized carbons (Fsp3) is 0. The Morgan fingerprint density at radius 2 is 0.800 bits per heavy atom. The molecule has 0 saturated carbocycles. The van der Waals surface area contributed by atoms with Gasteiger partial charge in [-0.25, -0.2) is 0 Å². The monoisotopic (exact) mass is 1380 g/mol. The van der Waals surface area contributed by atoms with Gasteiger partial charge in [0.25, 0.3) is 0 Å². The summed E-state index contributed by atoms with van der Waals surface area (Å²) in [5, 5.41) is 0. The second kappa shape index (κ2) is 24.7. The molecule has 0 aliphatic heterocycles. The molecule has 2 radical (unpaired) electrons. The van der Waals surface area contributed by atoms with Crippen molar-refractivity contribution in [1.29, 1.82) is 0 Å². The average molecular weight is 1370 g/mol. The van der Waals surface area contributed by atoms with Gasteiger partial charge in [-0.05, 0) is 0 Å². The van der Waals surface area contributed by atoms with Crippen LogP contribution in [0.25, 0.3) is 0 Å². The van der Waals surface area contributed by atoms with Crippen molar-refractivity contribution in [2.45, 2.75) is 0 Å². The molecule has 0 saturated heterocycles. The Kier molecular flexibility index (Phi) is 63.6. The van der Waals surface area contributed by atoms with E-state index in [0.29, 0.717) is 99.4 Å². The van der Waals surface area contributed by atoms with Crippen molar-refractivity contribution in [2.75, 3.05) is 0 Å². The Balaban J connectivity index is 2.65. The zero-order valence-corrected chi connectivity index (χ0v) is 51.5. The summed E-state index contributed by atoms with van der Waals surface area (Å²) in [7, 11) is 0. The van der Waals surface area contributed by atoms with Crippen LogP contribution in [0.1, 0.15) is 0 Å². The summed E-state index contributed by atoms with van der Waals surface area (Å²) in [6.45, 7) is 0. The van der Waals surface area contributed by atoms with Crippen LogP contribution in [0.2, 0.25) is 0 Å². The molecule has 0 unspecified atom stereocenters. The molecule has 0 N–H and O–H groups in total. The van der Waals surface area contributed by atoms with E-state index >= 15 is 0 Å². The fourth-order valence-electron chi connectivity index (χ4n) is 1.06. The standard InChI is InChI=1S/10Ba. The second-order valence-corrected chi connectivity index (χ2v) is 1090. The van der Waals surface area contributed by atoms with Crippen molar-refractivity contribution in [1.82, 2.24) is 0 Å². The van der Waals surface area contributed by atoms with Gasteiger partial charge in [-0.15, -0.1) is 0 Å². The topological polar surface area (TPSA) is 0 Å². The molecule has 0 fully saturated rings. The van der Waals surface area contributed by atoms with Gasteiger partial charge in [0.15, 0.2) is 0 Å². The van der Waals surface area contributed by atoms with Crippen molar-refractivity contribution in [3.8, 4) is 0 Å². The summed E-state index contributed by atoms with van der Waals surface area (Å²) < 4.78 is 0. The van der Waals surface area contributed by atoms with E-state index in [1.54, 1.807) is 61.3 Å². The maximum absolute atomic E-state index is 1.55. The van der Waals surface area contributed by atoms with Gasteiger partial charge in [0.2, 0.25) is 0 Å². The SMILES string of the molecule is [Ba][Ba][Ba][Ba][Ba][Ba][Ba][Ba][Ba][Ba]. The van der Waals surface area contributed by atoms with Gasteiger partial charge in [0.1, 0.15) is 0 Å². The number of hydrogen-bond donors (Lipinski definition) is 0. The van der Waals surface area contributed by atoms with Crippen LogP contribution >= 0.6 is 0 Å². The van der Waals surface area contributed by atoms with E-state index in [4.69, 9.17) is 0 Å². The van der Waals surface area contributed by atoms with Gasteiger partial charge in [0, 0.05) is 0 Å². The van der Waals surface area contributed by atoms with E-state index in [1.165, 1.54) is 0 Å². The summed E-state index contributed by atoms with van der Waals surface area (Å²) >= 11 is 7.33. The van der Waals surface area contributed by atoms with Gasteiger partial charge in [-0.3, -0.25) is 0 Å². The molecule has 0 aromatic rings. The third kappa shape index (κ3) is 23.7. The van der Waals surface area contributed by atoms with Crippen LogP contribution in [0.4, 0.5) is 0 Å². The van der Waals surface area contributed by atoms with E-state index < -0.39 is 0 Å². The minimum atomic E-state index is 0.451. The molecular formula is Ba10. The van der Waals surface area contributed by atoms with Gasteiger partial charge in [-0.2, -0.15) is 0 Å². The van der Waals surface area contributed by atoms with E-state index in [-0.39, 0.29) is 0 Å². The van der Waals surface area contributed by atoms with Crippen molar-refractivity contribution >= 4 is 161 Å². The first-order valence-corrected chi connectivity index (χ1v) is 239. The summed E-state index contributed by atoms with van der Waals surface area (Å²) in [5.74, 6) is 0. The van der Waals surface area contributed by atoms with Gasteiger partial charge in [0.05, 0.1) is 0 Å². The van der Waals surface area contributed by atoms with Crippen LogP contribution in [-0.4, -0.2) is 161 Å². The Morgan fingerprint density at radius 3 is 1.10 bits per heavy atom. The normalized spacial score (nSPS) is 3.40. The molecule has 10 heavy (non-hydrogen) atoms. The van der Waals surface area contributed by atoms with Crippen LogP contribution in [-0.2, 0) is 0 Å². The molecule has 0 amide bonds. The Bertz CT molecular complexity index is 40.0. The summed E-state index contributed by atoms with van der Waals surface area (Å²) in [4.78, 5) is 0. The van der Waals surface area contributed by atoms with Crippen molar-refractivity contribution in [2.24, 2.45) is 0 Å². The molecule has 0 aliphatic carbocycles. The van der Waals surface area contributed by atoms with Crippen LogP contribution < -0.4 is 0 Å². The third-order valence-electron chi connectivity index (χ3n) is 1.75. The van der Waals surface area contributed by atoms with E-state index in [2.05, 4.69) is 0 Å². The predicted octanol–water partition coefficient (Wildman–Crippen LogP) is -3.81. The zero-order valence-electron chi connectivity index (χ0n) is 7.07. The molecule has 0 bridgehead atoms. The Labute approximate surface area is 139 Å². The molecule has 10 heteroatoms. The van der Waals surface area contributed by atoms with Gasteiger partial charge in [-0.1, -0.05) is 0 Å². The van der Waals surface area contributed by atoms with Crippen molar-refractivity contribution < 1.29 is 0 Å². The summed E-state index contributed by atoms with van der Waals surface area (Å²) in [5.41, 5.74) is 0. The quantitative estimate of drug-likeness (QED) is 0.182. The first kappa shape index (κ1) is 25.7. The molecular weight excluding hydrogens is 1370 g/mol. The molecule has 20 valence electrons. The van der Waals surface area contributed by atoms with Gasteiger partial charge >= 0.3 is 161 Å². The number of rotatable bonds is 7. The molecule has 0 nitrogen and oxygen atoms in total. The molecule has 0 aliphatic rings. The predicted molar refractivity (Wildman–Crippen MR) is 57.5 cm³/mol. The Hall–Kier alpha value is 15.7. The molecule has 0 rings (SSSR count). The fourth-order valence-corrected chi connectivity index (χ4v) is 21700. The summed E-state index contributed by atoms with van der Waals surface area (Å²) in [6.07, 6.45) is 0. The first-order chi connectivity index (χ1) is 4.91. The van der Waals surface area contributed by atoms with Gasteiger partial charge < -0.3 is 0 Å². The van der Waals surface area contributed by atoms with Crippen LogP contribution in [0, 0.1) is 0 Å². The number of hydrogen-bond acceptors (Lipinski definition) is 0. The van der Waals surface area contributed by atoms with Crippen LogP contribution in [0.15, 0.2) is 0 Å². The van der Waals surface area contributed by atoms with E-state index in [1.807, 2.05) is 0 Å². The molecule has 0 aromatic heterocycles. The maximum atomic E-state index is 1.55. The van der Waals surface area contributed by atoms with Crippen LogP contribution in [0.5, 0.6) is 0 Å². The minimum absolute atomic E-state index is 0.451. The molecule has 0 heterocycles.